The monoisotopic (exact) mass is 280 g/mol. The second-order valence-corrected chi connectivity index (χ2v) is 4.91. The van der Waals surface area contributed by atoms with Gasteiger partial charge in [-0.2, -0.15) is 0 Å². The van der Waals surface area contributed by atoms with Crippen molar-refractivity contribution in [3.63, 3.8) is 0 Å². The highest BCUT2D eigenvalue weighted by molar-refractivity contribution is 5.90. The Hall–Kier alpha value is -2.44. The minimum Gasteiger partial charge on any atom is -0.497 e. The predicted octanol–water partition coefficient (Wildman–Crippen LogP) is 1.59. The molecule has 1 aromatic rings. The first-order valence-corrected chi connectivity index (χ1v) is 6.06. The maximum atomic E-state index is 11.8. The van der Waals surface area contributed by atoms with Gasteiger partial charge in [-0.15, -0.1) is 0 Å². The first kappa shape index (κ1) is 15.6. The number of carbonyl (C=O) groups is 1. The van der Waals surface area contributed by atoms with E-state index in [0.29, 0.717) is 11.4 Å². The second kappa shape index (κ2) is 6.65. The van der Waals surface area contributed by atoms with Gasteiger partial charge in [-0.25, -0.2) is 4.79 Å². The molecule has 0 heterocycles. The molecule has 0 bridgehead atoms. The number of amides is 2. The number of nitrogens with zero attached hydrogens (tertiary/aromatic N) is 1. The Kier molecular flexibility index (Phi) is 5.19. The van der Waals surface area contributed by atoms with Crippen LogP contribution in [-0.2, 0) is 0 Å². The molecule has 0 aliphatic rings. The SMILES string of the molecule is COc1cccc(NC(=O)NCC(C)(C)/C(N)=N/O)c1. The molecule has 0 saturated carbocycles. The van der Waals surface area contributed by atoms with Crippen LogP contribution in [0.15, 0.2) is 29.4 Å². The summed E-state index contributed by atoms with van der Waals surface area (Å²) in [6, 6.07) is 6.63. The molecule has 0 unspecified atom stereocenters. The highest BCUT2D eigenvalue weighted by Crippen LogP contribution is 2.17. The van der Waals surface area contributed by atoms with E-state index in [2.05, 4.69) is 15.8 Å². The van der Waals surface area contributed by atoms with Crippen molar-refractivity contribution in [3.8, 4) is 5.75 Å². The quantitative estimate of drug-likeness (QED) is 0.284. The largest absolute Gasteiger partial charge is 0.497 e. The van der Waals surface area contributed by atoms with Crippen LogP contribution >= 0.6 is 0 Å². The molecule has 7 nitrogen and oxygen atoms in total. The van der Waals surface area contributed by atoms with Gasteiger partial charge in [0.25, 0.3) is 0 Å². The van der Waals surface area contributed by atoms with Gasteiger partial charge in [0, 0.05) is 23.7 Å². The van der Waals surface area contributed by atoms with Crippen LogP contribution in [-0.4, -0.2) is 30.7 Å². The minimum absolute atomic E-state index is 0.0548. The van der Waals surface area contributed by atoms with Gasteiger partial charge in [-0.1, -0.05) is 25.1 Å². The molecule has 5 N–H and O–H groups in total. The maximum absolute atomic E-state index is 11.8. The van der Waals surface area contributed by atoms with Crippen molar-refractivity contribution < 1.29 is 14.7 Å². The number of nitrogens with two attached hydrogens (primary N) is 1. The number of urea groups is 1. The summed E-state index contributed by atoms with van der Waals surface area (Å²) in [6.45, 7) is 3.75. The average Bonchev–Trinajstić information content (AvgIpc) is 2.44. The molecule has 0 aliphatic heterocycles. The Bertz CT molecular complexity index is 500. The van der Waals surface area contributed by atoms with E-state index < -0.39 is 5.41 Å². The Balaban J connectivity index is 2.56. The fraction of sp³-hybridized carbons (Fsp3) is 0.385. The Morgan fingerprint density at radius 3 is 2.80 bits per heavy atom. The molecule has 0 spiro atoms. The zero-order valence-electron chi connectivity index (χ0n) is 11.8. The smallest absolute Gasteiger partial charge is 0.319 e. The third kappa shape index (κ3) is 4.34. The topological polar surface area (TPSA) is 109 Å². The van der Waals surface area contributed by atoms with E-state index >= 15 is 0 Å². The molecule has 0 aliphatic carbocycles. The summed E-state index contributed by atoms with van der Waals surface area (Å²) in [7, 11) is 1.55. The summed E-state index contributed by atoms with van der Waals surface area (Å²) in [6.07, 6.45) is 0. The Morgan fingerprint density at radius 2 is 2.20 bits per heavy atom. The Labute approximate surface area is 117 Å². The van der Waals surface area contributed by atoms with Crippen LogP contribution in [0.25, 0.3) is 0 Å². The van der Waals surface area contributed by atoms with Gasteiger partial charge in [-0.3, -0.25) is 0 Å². The molecule has 0 radical (unpaired) electrons. The van der Waals surface area contributed by atoms with Crippen LogP contribution in [0.2, 0.25) is 0 Å². The van der Waals surface area contributed by atoms with Crippen LogP contribution in [0.5, 0.6) is 5.75 Å². The standard InChI is InChI=1S/C13H20N4O3/c1-13(2,11(14)17-19)8-15-12(18)16-9-5-4-6-10(7-9)20-3/h4-7,19H,8H2,1-3H3,(H2,14,17)(H2,15,16,18). The second-order valence-electron chi connectivity index (χ2n) is 4.91. The number of carbonyl (C=O) groups excluding carboxylic acids is 1. The summed E-state index contributed by atoms with van der Waals surface area (Å²) in [5, 5.41) is 16.9. The van der Waals surface area contributed by atoms with E-state index in [9.17, 15) is 4.79 Å². The van der Waals surface area contributed by atoms with Crippen LogP contribution in [0.4, 0.5) is 10.5 Å². The predicted molar refractivity (Wildman–Crippen MR) is 77.2 cm³/mol. The zero-order chi connectivity index (χ0) is 15.2. The van der Waals surface area contributed by atoms with Gasteiger partial charge in [-0.05, 0) is 12.1 Å². The number of anilines is 1. The van der Waals surface area contributed by atoms with E-state index in [0.717, 1.165) is 0 Å². The lowest BCUT2D eigenvalue weighted by molar-refractivity contribution is 0.248. The molecular weight excluding hydrogens is 260 g/mol. The normalized spacial score (nSPS) is 11.8. The number of hydrogen-bond donors (Lipinski definition) is 4. The number of benzene rings is 1. The third-order valence-electron chi connectivity index (χ3n) is 2.82. The van der Waals surface area contributed by atoms with E-state index in [1.165, 1.54) is 0 Å². The van der Waals surface area contributed by atoms with Crippen molar-refractivity contribution in [3.05, 3.63) is 24.3 Å². The van der Waals surface area contributed by atoms with Crippen molar-refractivity contribution >= 4 is 17.6 Å². The highest BCUT2D eigenvalue weighted by atomic mass is 16.5. The summed E-state index contributed by atoms with van der Waals surface area (Å²) < 4.78 is 5.06. The third-order valence-corrected chi connectivity index (χ3v) is 2.82. The van der Waals surface area contributed by atoms with E-state index in [1.54, 1.807) is 45.2 Å². The summed E-state index contributed by atoms with van der Waals surface area (Å²) in [4.78, 5) is 11.8. The van der Waals surface area contributed by atoms with Gasteiger partial charge >= 0.3 is 6.03 Å². The van der Waals surface area contributed by atoms with Gasteiger partial charge in [0.2, 0.25) is 0 Å². The first-order chi connectivity index (χ1) is 9.39. The first-order valence-electron chi connectivity index (χ1n) is 6.06. The van der Waals surface area contributed by atoms with Crippen molar-refractivity contribution in [2.24, 2.45) is 16.3 Å². The van der Waals surface area contributed by atoms with E-state index in [1.807, 2.05) is 0 Å². The van der Waals surface area contributed by atoms with Gasteiger partial charge in [0.05, 0.1) is 7.11 Å². The minimum atomic E-state index is -0.638. The number of hydrogen-bond acceptors (Lipinski definition) is 4. The number of nitrogens with one attached hydrogen (secondary N) is 2. The van der Waals surface area contributed by atoms with Crippen molar-refractivity contribution in [2.75, 3.05) is 19.0 Å². The molecule has 1 aromatic carbocycles. The highest BCUT2D eigenvalue weighted by Gasteiger charge is 2.24. The zero-order valence-corrected chi connectivity index (χ0v) is 11.8. The molecule has 0 aromatic heterocycles. The number of oxime groups is 1. The lowest BCUT2D eigenvalue weighted by Gasteiger charge is -2.23. The van der Waals surface area contributed by atoms with Gasteiger partial charge in [0.15, 0.2) is 0 Å². The van der Waals surface area contributed by atoms with Crippen molar-refractivity contribution in [1.29, 1.82) is 0 Å². The average molecular weight is 280 g/mol. The van der Waals surface area contributed by atoms with Crippen molar-refractivity contribution in [1.82, 2.24) is 5.32 Å². The molecule has 0 fully saturated rings. The summed E-state index contributed by atoms with van der Waals surface area (Å²) in [5.41, 5.74) is 5.52. The van der Waals surface area contributed by atoms with Crippen molar-refractivity contribution in [2.45, 2.75) is 13.8 Å². The molecule has 110 valence electrons. The summed E-state index contributed by atoms with van der Waals surface area (Å²) in [5.74, 6) is 0.707. The van der Waals surface area contributed by atoms with Crippen LogP contribution < -0.4 is 21.1 Å². The molecular formula is C13H20N4O3. The Morgan fingerprint density at radius 1 is 1.50 bits per heavy atom. The number of amidine groups is 1. The van der Waals surface area contributed by atoms with Crippen LogP contribution in [0.3, 0.4) is 0 Å². The fourth-order valence-electron chi connectivity index (χ4n) is 1.40. The maximum Gasteiger partial charge on any atom is 0.319 e. The molecule has 0 atom stereocenters. The summed E-state index contributed by atoms with van der Waals surface area (Å²) >= 11 is 0. The fourth-order valence-corrected chi connectivity index (χ4v) is 1.40. The number of methoxy groups -OCH3 is 1. The molecule has 2 amide bonds. The van der Waals surface area contributed by atoms with Crippen LogP contribution in [0.1, 0.15) is 13.8 Å². The van der Waals surface area contributed by atoms with Crippen LogP contribution in [0, 0.1) is 5.41 Å². The molecule has 0 saturated heterocycles. The lowest BCUT2D eigenvalue weighted by atomic mass is 9.92. The number of ether oxygens (including phenoxy) is 1. The molecule has 7 heteroatoms. The van der Waals surface area contributed by atoms with E-state index in [4.69, 9.17) is 15.7 Å². The molecule has 20 heavy (non-hydrogen) atoms. The lowest BCUT2D eigenvalue weighted by Crippen LogP contribution is -2.43. The van der Waals surface area contributed by atoms with Gasteiger partial charge < -0.3 is 26.3 Å². The van der Waals surface area contributed by atoms with Gasteiger partial charge in [0.1, 0.15) is 11.6 Å². The number of rotatable bonds is 5. The molecule has 1 rings (SSSR count). The van der Waals surface area contributed by atoms with E-state index in [-0.39, 0.29) is 18.4 Å².